The maximum absolute atomic E-state index is 11.7. The quantitative estimate of drug-likeness (QED) is 0.109. The van der Waals surface area contributed by atoms with Gasteiger partial charge < -0.3 is 45.2 Å². The van der Waals surface area contributed by atoms with Crippen LogP contribution in [0.15, 0.2) is 0 Å². The third-order valence-corrected chi connectivity index (χ3v) is 3.06. The van der Waals surface area contributed by atoms with Gasteiger partial charge in [0.2, 0.25) is 11.4 Å². The molecule has 0 rings (SSSR count). The summed E-state index contributed by atoms with van der Waals surface area (Å²) in [5.41, 5.74) is -4.09. The third-order valence-electron chi connectivity index (χ3n) is 3.06. The Morgan fingerprint density at radius 3 is 1.56 bits per heavy atom. The Morgan fingerprint density at radius 2 is 1.20 bits per heavy atom. The second-order valence-corrected chi connectivity index (χ2v) is 4.91. The van der Waals surface area contributed by atoms with E-state index in [0.717, 1.165) is 0 Å². The van der Waals surface area contributed by atoms with Crippen LogP contribution in [0.1, 0.15) is 6.42 Å². The molecule has 0 heterocycles. The molecule has 25 heavy (non-hydrogen) atoms. The predicted molar refractivity (Wildman–Crippen MR) is 77.1 cm³/mol. The standard InChI is InChI=1S/C12H24N2O11/c15-2-11(3-16,13-6-19)24-9(22)1-8(21)10(23)25-12(4-17,5-18)14-7-20/h8,13-21H,1-7H2. The highest BCUT2D eigenvalue weighted by Gasteiger charge is 2.37. The summed E-state index contributed by atoms with van der Waals surface area (Å²) < 4.78 is 9.34. The number of ether oxygens (including phenoxy) is 2. The van der Waals surface area contributed by atoms with Crippen LogP contribution in [0, 0.1) is 0 Å². The van der Waals surface area contributed by atoms with E-state index in [1.807, 2.05) is 0 Å². The molecule has 0 spiro atoms. The van der Waals surface area contributed by atoms with Crippen molar-refractivity contribution in [2.24, 2.45) is 0 Å². The Kier molecular flexibility index (Phi) is 10.6. The number of hydrogen-bond donors (Lipinski definition) is 9. The van der Waals surface area contributed by atoms with Crippen LogP contribution in [0.5, 0.6) is 0 Å². The second kappa shape index (κ2) is 11.2. The Labute approximate surface area is 142 Å². The van der Waals surface area contributed by atoms with Crippen molar-refractivity contribution in [2.75, 3.05) is 39.9 Å². The first-order chi connectivity index (χ1) is 11.8. The van der Waals surface area contributed by atoms with Gasteiger partial charge in [0.1, 0.15) is 0 Å². The zero-order chi connectivity index (χ0) is 19.5. The Hall–Kier alpha value is -1.42. The average Bonchev–Trinajstić information content (AvgIpc) is 2.60. The molecule has 148 valence electrons. The third kappa shape index (κ3) is 7.15. The van der Waals surface area contributed by atoms with Crippen LogP contribution >= 0.6 is 0 Å². The van der Waals surface area contributed by atoms with Crippen molar-refractivity contribution in [1.82, 2.24) is 10.6 Å². The van der Waals surface area contributed by atoms with E-state index in [9.17, 15) is 14.7 Å². The summed E-state index contributed by atoms with van der Waals surface area (Å²) in [6.45, 7) is -5.21. The Balaban J connectivity index is 4.82. The summed E-state index contributed by atoms with van der Waals surface area (Å²) >= 11 is 0. The van der Waals surface area contributed by atoms with E-state index in [-0.39, 0.29) is 0 Å². The van der Waals surface area contributed by atoms with Crippen LogP contribution in [-0.2, 0) is 19.1 Å². The van der Waals surface area contributed by atoms with Crippen molar-refractivity contribution in [3.63, 3.8) is 0 Å². The lowest BCUT2D eigenvalue weighted by atomic mass is 10.2. The molecule has 1 atom stereocenters. The van der Waals surface area contributed by atoms with Crippen molar-refractivity contribution in [3.8, 4) is 0 Å². The van der Waals surface area contributed by atoms with Crippen molar-refractivity contribution in [3.05, 3.63) is 0 Å². The molecular formula is C12H24N2O11. The van der Waals surface area contributed by atoms with E-state index in [0.29, 0.717) is 0 Å². The van der Waals surface area contributed by atoms with E-state index in [2.05, 4.69) is 15.4 Å². The average molecular weight is 372 g/mol. The maximum atomic E-state index is 11.7. The van der Waals surface area contributed by atoms with Gasteiger partial charge in [-0.15, -0.1) is 0 Å². The molecule has 9 N–H and O–H groups in total. The zero-order valence-corrected chi connectivity index (χ0v) is 13.3. The molecule has 0 fully saturated rings. The van der Waals surface area contributed by atoms with Crippen LogP contribution in [0.2, 0.25) is 0 Å². The fourth-order valence-corrected chi connectivity index (χ4v) is 1.57. The minimum absolute atomic E-state index is 0.749. The Morgan fingerprint density at radius 1 is 0.800 bits per heavy atom. The summed E-state index contributed by atoms with van der Waals surface area (Å²) in [6.07, 6.45) is -3.03. The minimum Gasteiger partial charge on any atom is -0.439 e. The van der Waals surface area contributed by atoms with Crippen LogP contribution in [0.4, 0.5) is 0 Å². The number of carbonyl (C=O) groups is 2. The summed E-state index contributed by atoms with van der Waals surface area (Å²) in [7, 11) is 0. The van der Waals surface area contributed by atoms with Gasteiger partial charge >= 0.3 is 11.9 Å². The van der Waals surface area contributed by atoms with Crippen LogP contribution in [0.3, 0.4) is 0 Å². The van der Waals surface area contributed by atoms with Gasteiger partial charge in [-0.3, -0.25) is 15.4 Å². The number of aliphatic hydroxyl groups excluding tert-OH is 7. The number of esters is 2. The van der Waals surface area contributed by atoms with E-state index in [1.165, 1.54) is 0 Å². The number of rotatable bonds is 13. The highest BCUT2D eigenvalue weighted by Crippen LogP contribution is 2.12. The number of hydrogen-bond acceptors (Lipinski definition) is 13. The molecule has 0 aromatic heterocycles. The van der Waals surface area contributed by atoms with Gasteiger partial charge in [-0.05, 0) is 0 Å². The molecule has 0 aliphatic rings. The zero-order valence-electron chi connectivity index (χ0n) is 13.3. The summed E-state index contributed by atoms with van der Waals surface area (Å²) in [5, 5.41) is 67.9. The number of nitrogens with one attached hydrogen (secondary N) is 2. The fourth-order valence-electron chi connectivity index (χ4n) is 1.57. The van der Waals surface area contributed by atoms with Gasteiger partial charge in [0, 0.05) is 0 Å². The topological polar surface area (TPSA) is 218 Å². The summed E-state index contributed by atoms with van der Waals surface area (Å²) in [4.78, 5) is 23.4. The van der Waals surface area contributed by atoms with E-state index in [1.54, 1.807) is 0 Å². The Bertz CT molecular complexity index is 412. The normalized spacial score (nSPS) is 13.4. The highest BCUT2D eigenvalue weighted by molar-refractivity contribution is 5.82. The van der Waals surface area contributed by atoms with Gasteiger partial charge in [-0.1, -0.05) is 0 Å². The van der Waals surface area contributed by atoms with Gasteiger partial charge in [0.15, 0.2) is 6.10 Å². The summed E-state index contributed by atoms with van der Waals surface area (Å²) in [6, 6.07) is 0. The van der Waals surface area contributed by atoms with Gasteiger partial charge in [-0.2, -0.15) is 0 Å². The highest BCUT2D eigenvalue weighted by atomic mass is 16.6. The largest absolute Gasteiger partial charge is 0.439 e. The minimum atomic E-state index is -2.07. The molecule has 13 heteroatoms. The molecule has 0 radical (unpaired) electrons. The molecule has 0 aromatic carbocycles. The number of aliphatic hydroxyl groups is 7. The van der Waals surface area contributed by atoms with Crippen molar-refractivity contribution in [1.29, 1.82) is 0 Å². The number of carbonyl (C=O) groups excluding carboxylic acids is 2. The lowest BCUT2D eigenvalue weighted by Crippen LogP contribution is -2.57. The first-order valence-electron chi connectivity index (χ1n) is 7.05. The van der Waals surface area contributed by atoms with Gasteiger partial charge in [0.05, 0.1) is 46.3 Å². The maximum Gasteiger partial charge on any atom is 0.337 e. The van der Waals surface area contributed by atoms with Crippen molar-refractivity contribution in [2.45, 2.75) is 24.0 Å². The van der Waals surface area contributed by atoms with Crippen LogP contribution in [0.25, 0.3) is 0 Å². The molecule has 0 amide bonds. The lowest BCUT2D eigenvalue weighted by molar-refractivity contribution is -0.194. The molecule has 0 bridgehead atoms. The van der Waals surface area contributed by atoms with Crippen LogP contribution in [-0.4, -0.2) is 105 Å². The second-order valence-electron chi connectivity index (χ2n) is 4.91. The smallest absolute Gasteiger partial charge is 0.337 e. The van der Waals surface area contributed by atoms with Crippen molar-refractivity contribution >= 4 is 11.9 Å². The molecular weight excluding hydrogens is 348 g/mol. The molecule has 0 aliphatic heterocycles. The molecule has 13 nitrogen and oxygen atoms in total. The van der Waals surface area contributed by atoms with Gasteiger partial charge in [-0.25, -0.2) is 4.79 Å². The molecule has 1 unspecified atom stereocenters. The van der Waals surface area contributed by atoms with Crippen molar-refractivity contribution < 1.29 is 54.8 Å². The molecule has 0 aliphatic carbocycles. The molecule has 0 saturated carbocycles. The fraction of sp³-hybridized carbons (Fsp3) is 0.833. The lowest BCUT2D eigenvalue weighted by Gasteiger charge is -2.31. The monoisotopic (exact) mass is 372 g/mol. The van der Waals surface area contributed by atoms with E-state index >= 15 is 0 Å². The first-order valence-corrected chi connectivity index (χ1v) is 7.05. The van der Waals surface area contributed by atoms with E-state index in [4.69, 9.17) is 35.4 Å². The van der Waals surface area contributed by atoms with E-state index < -0.39 is 75.8 Å². The summed E-state index contributed by atoms with van der Waals surface area (Å²) in [5.74, 6) is -2.66. The molecule has 0 saturated heterocycles. The molecule has 0 aromatic rings. The predicted octanol–water partition coefficient (Wildman–Crippen LogP) is -5.74. The van der Waals surface area contributed by atoms with Gasteiger partial charge in [0.25, 0.3) is 0 Å². The SMILES string of the molecule is O=C(CC(O)C(=O)OC(CO)(CO)NCO)OC(CO)(CO)NCO. The van der Waals surface area contributed by atoms with Crippen LogP contribution < -0.4 is 10.6 Å². The first kappa shape index (κ1) is 23.6.